The van der Waals surface area contributed by atoms with E-state index < -0.39 is 0 Å². The molecule has 112 valence electrons. The molecule has 0 aromatic carbocycles. The van der Waals surface area contributed by atoms with E-state index in [1.807, 2.05) is 0 Å². The quantitative estimate of drug-likeness (QED) is 0.866. The number of rotatable bonds is 6. The average Bonchev–Trinajstić information content (AvgIpc) is 2.52. The Morgan fingerprint density at radius 2 is 2.20 bits per heavy atom. The standard InChI is InChI=1S/C15H26N4O/c1-4-7-16-14-10-15(18-13(6-3)17-14)19-8-9-20-11-12(19)5-2/h10,12H,4-9,11H2,1-3H3,(H,16,17,18). The van der Waals surface area contributed by atoms with Crippen molar-refractivity contribution in [3.05, 3.63) is 11.9 Å². The molecule has 0 bridgehead atoms. The summed E-state index contributed by atoms with van der Waals surface area (Å²) in [6, 6.07) is 2.49. The van der Waals surface area contributed by atoms with Gasteiger partial charge in [0.05, 0.1) is 19.3 Å². The molecule has 1 aromatic heterocycles. The average molecular weight is 278 g/mol. The summed E-state index contributed by atoms with van der Waals surface area (Å²) in [5.74, 6) is 2.88. The van der Waals surface area contributed by atoms with Crippen molar-refractivity contribution in [1.29, 1.82) is 0 Å². The molecule has 0 radical (unpaired) electrons. The fourth-order valence-corrected chi connectivity index (χ4v) is 2.43. The Morgan fingerprint density at radius 1 is 1.35 bits per heavy atom. The van der Waals surface area contributed by atoms with Gasteiger partial charge in [-0.25, -0.2) is 9.97 Å². The van der Waals surface area contributed by atoms with Gasteiger partial charge in [0.25, 0.3) is 0 Å². The molecular weight excluding hydrogens is 252 g/mol. The molecule has 1 unspecified atom stereocenters. The zero-order valence-electron chi connectivity index (χ0n) is 12.9. The van der Waals surface area contributed by atoms with Gasteiger partial charge in [-0.05, 0) is 12.8 Å². The maximum atomic E-state index is 5.58. The number of hydrogen-bond acceptors (Lipinski definition) is 5. The van der Waals surface area contributed by atoms with E-state index in [0.29, 0.717) is 6.04 Å². The van der Waals surface area contributed by atoms with E-state index in [1.165, 1.54) is 0 Å². The van der Waals surface area contributed by atoms with Crippen molar-refractivity contribution in [2.45, 2.75) is 46.1 Å². The number of nitrogens with one attached hydrogen (secondary N) is 1. The van der Waals surface area contributed by atoms with Crippen molar-refractivity contribution < 1.29 is 4.74 Å². The summed E-state index contributed by atoms with van der Waals surface area (Å²) >= 11 is 0. The zero-order chi connectivity index (χ0) is 14.4. The molecule has 0 amide bonds. The lowest BCUT2D eigenvalue weighted by Crippen LogP contribution is -2.45. The highest BCUT2D eigenvalue weighted by atomic mass is 16.5. The number of ether oxygens (including phenoxy) is 1. The van der Waals surface area contributed by atoms with Crippen molar-refractivity contribution >= 4 is 11.6 Å². The monoisotopic (exact) mass is 278 g/mol. The second kappa shape index (κ2) is 7.43. The topological polar surface area (TPSA) is 50.3 Å². The Hall–Kier alpha value is -1.36. The third kappa shape index (κ3) is 3.60. The van der Waals surface area contributed by atoms with Crippen LogP contribution in [-0.4, -0.2) is 42.3 Å². The molecule has 1 saturated heterocycles. The van der Waals surface area contributed by atoms with Crippen LogP contribution in [0.5, 0.6) is 0 Å². The lowest BCUT2D eigenvalue weighted by Gasteiger charge is -2.36. The van der Waals surface area contributed by atoms with Gasteiger partial charge in [0.2, 0.25) is 0 Å². The van der Waals surface area contributed by atoms with Crippen LogP contribution in [0.3, 0.4) is 0 Å². The van der Waals surface area contributed by atoms with E-state index >= 15 is 0 Å². The number of aromatic nitrogens is 2. The van der Waals surface area contributed by atoms with E-state index in [-0.39, 0.29) is 0 Å². The second-order valence-corrected chi connectivity index (χ2v) is 5.14. The van der Waals surface area contributed by atoms with Gasteiger partial charge >= 0.3 is 0 Å². The minimum Gasteiger partial charge on any atom is -0.377 e. The van der Waals surface area contributed by atoms with Crippen molar-refractivity contribution in [2.75, 3.05) is 36.5 Å². The van der Waals surface area contributed by atoms with Crippen LogP contribution in [-0.2, 0) is 11.2 Å². The summed E-state index contributed by atoms with van der Waals surface area (Å²) in [4.78, 5) is 11.6. The molecule has 1 aliphatic heterocycles. The molecule has 2 rings (SSSR count). The minimum atomic E-state index is 0.419. The lowest BCUT2D eigenvalue weighted by atomic mass is 10.2. The maximum absolute atomic E-state index is 5.58. The summed E-state index contributed by atoms with van der Waals surface area (Å²) in [6.07, 6.45) is 3.02. The van der Waals surface area contributed by atoms with Crippen LogP contribution in [0.1, 0.15) is 39.4 Å². The number of morpholine rings is 1. The largest absolute Gasteiger partial charge is 0.377 e. The summed E-state index contributed by atoms with van der Waals surface area (Å²) in [7, 11) is 0. The van der Waals surface area contributed by atoms with Gasteiger partial charge in [0, 0.05) is 25.6 Å². The highest BCUT2D eigenvalue weighted by molar-refractivity contribution is 5.50. The smallest absolute Gasteiger partial charge is 0.134 e. The summed E-state index contributed by atoms with van der Waals surface area (Å²) in [5.41, 5.74) is 0. The van der Waals surface area contributed by atoms with E-state index in [2.05, 4.69) is 42.0 Å². The van der Waals surface area contributed by atoms with Crippen LogP contribution in [0, 0.1) is 0 Å². The SMILES string of the molecule is CCCNc1cc(N2CCOCC2CC)nc(CC)n1. The van der Waals surface area contributed by atoms with Crippen molar-refractivity contribution in [1.82, 2.24) is 9.97 Å². The molecule has 0 saturated carbocycles. The van der Waals surface area contributed by atoms with Crippen LogP contribution in [0.2, 0.25) is 0 Å². The molecule has 2 heterocycles. The predicted octanol–water partition coefficient (Wildman–Crippen LogP) is 2.48. The van der Waals surface area contributed by atoms with Gasteiger partial charge in [-0.15, -0.1) is 0 Å². The summed E-state index contributed by atoms with van der Waals surface area (Å²) in [6.45, 7) is 9.87. The highest BCUT2D eigenvalue weighted by Gasteiger charge is 2.23. The van der Waals surface area contributed by atoms with Crippen molar-refractivity contribution in [2.24, 2.45) is 0 Å². The third-order valence-corrected chi connectivity index (χ3v) is 3.62. The third-order valence-electron chi connectivity index (χ3n) is 3.62. The molecule has 5 nitrogen and oxygen atoms in total. The molecule has 20 heavy (non-hydrogen) atoms. The Kier molecular flexibility index (Phi) is 5.59. The molecule has 1 atom stereocenters. The Labute approximate surface area is 121 Å². The van der Waals surface area contributed by atoms with Crippen molar-refractivity contribution in [3.8, 4) is 0 Å². The molecule has 0 spiro atoms. The van der Waals surface area contributed by atoms with Gasteiger partial charge in [-0.2, -0.15) is 0 Å². The number of aryl methyl sites for hydroxylation is 1. The van der Waals surface area contributed by atoms with Crippen LogP contribution in [0.15, 0.2) is 6.07 Å². The second-order valence-electron chi connectivity index (χ2n) is 5.14. The van der Waals surface area contributed by atoms with Crippen LogP contribution in [0.4, 0.5) is 11.6 Å². The molecule has 5 heteroatoms. The first-order valence-corrected chi connectivity index (χ1v) is 7.74. The molecule has 1 aliphatic rings. The maximum Gasteiger partial charge on any atom is 0.134 e. The number of hydrogen-bond donors (Lipinski definition) is 1. The first-order valence-electron chi connectivity index (χ1n) is 7.74. The van der Waals surface area contributed by atoms with E-state index in [0.717, 1.165) is 63.0 Å². The lowest BCUT2D eigenvalue weighted by molar-refractivity contribution is 0.0925. The predicted molar refractivity (Wildman–Crippen MR) is 82.4 cm³/mol. The highest BCUT2D eigenvalue weighted by Crippen LogP contribution is 2.22. The van der Waals surface area contributed by atoms with Gasteiger partial charge in [0.15, 0.2) is 0 Å². The summed E-state index contributed by atoms with van der Waals surface area (Å²) < 4.78 is 5.58. The Morgan fingerprint density at radius 3 is 2.90 bits per heavy atom. The molecule has 1 fully saturated rings. The van der Waals surface area contributed by atoms with Crippen LogP contribution < -0.4 is 10.2 Å². The summed E-state index contributed by atoms with van der Waals surface area (Å²) in [5, 5.41) is 3.37. The molecule has 0 aliphatic carbocycles. The molecule has 1 N–H and O–H groups in total. The fraction of sp³-hybridized carbons (Fsp3) is 0.733. The van der Waals surface area contributed by atoms with Gasteiger partial charge in [-0.3, -0.25) is 0 Å². The Balaban J connectivity index is 2.24. The first kappa shape index (κ1) is 15.0. The van der Waals surface area contributed by atoms with Gasteiger partial charge in [0.1, 0.15) is 17.5 Å². The minimum absolute atomic E-state index is 0.419. The fourth-order valence-electron chi connectivity index (χ4n) is 2.43. The zero-order valence-corrected chi connectivity index (χ0v) is 12.9. The van der Waals surface area contributed by atoms with Crippen molar-refractivity contribution in [3.63, 3.8) is 0 Å². The van der Waals surface area contributed by atoms with Crippen LogP contribution >= 0.6 is 0 Å². The number of nitrogens with zero attached hydrogens (tertiary/aromatic N) is 3. The molecular formula is C15H26N4O. The van der Waals surface area contributed by atoms with Gasteiger partial charge < -0.3 is 15.0 Å². The number of anilines is 2. The van der Waals surface area contributed by atoms with E-state index in [4.69, 9.17) is 9.72 Å². The molecule has 1 aromatic rings. The van der Waals surface area contributed by atoms with E-state index in [1.54, 1.807) is 0 Å². The van der Waals surface area contributed by atoms with Crippen LogP contribution in [0.25, 0.3) is 0 Å². The normalized spacial score (nSPS) is 19.1. The van der Waals surface area contributed by atoms with E-state index in [9.17, 15) is 0 Å². The van der Waals surface area contributed by atoms with Gasteiger partial charge in [-0.1, -0.05) is 20.8 Å². The first-order chi connectivity index (χ1) is 9.78. The Bertz CT molecular complexity index is 424.